The number of nitrogens with one attached hydrogen (secondary N) is 1. The summed E-state index contributed by atoms with van der Waals surface area (Å²) in [5.74, 6) is 1.34. The lowest BCUT2D eigenvalue weighted by Gasteiger charge is -2.21. The Balaban J connectivity index is 2.13. The third-order valence-electron chi connectivity index (χ3n) is 3.86. The number of hydrogen-bond acceptors (Lipinski definition) is 2. The zero-order valence-electron chi connectivity index (χ0n) is 9.97. The summed E-state index contributed by atoms with van der Waals surface area (Å²) in [5.41, 5.74) is 6.39. The second-order valence-corrected chi connectivity index (χ2v) is 5.22. The molecule has 1 rings (SSSR count). The molecule has 0 amide bonds. The van der Waals surface area contributed by atoms with Gasteiger partial charge in [0, 0.05) is 6.54 Å². The summed E-state index contributed by atoms with van der Waals surface area (Å²) < 4.78 is 0. The fraction of sp³-hybridized carbons (Fsp3) is 1.00. The zero-order valence-corrected chi connectivity index (χ0v) is 9.97. The van der Waals surface area contributed by atoms with Gasteiger partial charge in [-0.1, -0.05) is 20.8 Å². The van der Waals surface area contributed by atoms with Gasteiger partial charge < -0.3 is 11.1 Å². The van der Waals surface area contributed by atoms with Crippen LogP contribution in [0.25, 0.3) is 0 Å². The van der Waals surface area contributed by atoms with Crippen molar-refractivity contribution in [2.24, 2.45) is 23.0 Å². The molecule has 0 radical (unpaired) electrons. The van der Waals surface area contributed by atoms with Gasteiger partial charge in [-0.15, -0.1) is 0 Å². The predicted octanol–water partition coefficient (Wildman–Crippen LogP) is 2.00. The minimum atomic E-state index is 0.641. The molecule has 1 atom stereocenters. The summed E-state index contributed by atoms with van der Waals surface area (Å²) in [6.07, 6.45) is 4.17. The monoisotopic (exact) mass is 198 g/mol. The summed E-state index contributed by atoms with van der Waals surface area (Å²) in [6, 6.07) is 0. The van der Waals surface area contributed by atoms with Crippen LogP contribution in [0.1, 0.15) is 40.0 Å². The molecule has 84 valence electrons. The highest BCUT2D eigenvalue weighted by molar-refractivity contribution is 4.93. The van der Waals surface area contributed by atoms with Gasteiger partial charge in [-0.05, 0) is 49.6 Å². The maximum atomic E-state index is 5.73. The highest BCUT2D eigenvalue weighted by Gasteiger charge is 2.39. The number of rotatable bonds is 7. The molecule has 2 nitrogen and oxygen atoms in total. The van der Waals surface area contributed by atoms with Gasteiger partial charge in [0.2, 0.25) is 0 Å². The van der Waals surface area contributed by atoms with Crippen molar-refractivity contribution < 1.29 is 0 Å². The van der Waals surface area contributed by atoms with E-state index in [1.807, 2.05) is 0 Å². The topological polar surface area (TPSA) is 38.0 Å². The summed E-state index contributed by atoms with van der Waals surface area (Å²) in [4.78, 5) is 0. The molecule has 1 saturated carbocycles. The molecule has 0 spiro atoms. The Kier molecular flexibility index (Phi) is 4.39. The lowest BCUT2D eigenvalue weighted by molar-refractivity contribution is 0.346. The largest absolute Gasteiger partial charge is 0.330 e. The third-order valence-corrected chi connectivity index (χ3v) is 3.86. The molecule has 3 N–H and O–H groups in total. The highest BCUT2D eigenvalue weighted by atomic mass is 14.9. The predicted molar refractivity (Wildman–Crippen MR) is 62.2 cm³/mol. The molecule has 0 bridgehead atoms. The van der Waals surface area contributed by atoms with E-state index >= 15 is 0 Å². The zero-order chi connectivity index (χ0) is 10.6. The number of nitrogens with two attached hydrogens (primary N) is 1. The fourth-order valence-electron chi connectivity index (χ4n) is 1.95. The average Bonchev–Trinajstić information content (AvgIpc) is 2.93. The number of hydrogen-bond donors (Lipinski definition) is 2. The maximum Gasteiger partial charge on any atom is 0.000784 e. The van der Waals surface area contributed by atoms with E-state index in [0.717, 1.165) is 13.1 Å². The first-order valence-electron chi connectivity index (χ1n) is 6.04. The summed E-state index contributed by atoms with van der Waals surface area (Å²) >= 11 is 0. The molecule has 1 unspecified atom stereocenters. The van der Waals surface area contributed by atoms with E-state index in [2.05, 4.69) is 26.1 Å². The Morgan fingerprint density at radius 1 is 1.36 bits per heavy atom. The van der Waals surface area contributed by atoms with E-state index in [0.29, 0.717) is 17.3 Å². The molecular formula is C12H26N2. The van der Waals surface area contributed by atoms with Crippen LogP contribution in [0.4, 0.5) is 0 Å². The van der Waals surface area contributed by atoms with E-state index in [9.17, 15) is 0 Å². The van der Waals surface area contributed by atoms with Crippen molar-refractivity contribution in [1.29, 1.82) is 0 Å². The van der Waals surface area contributed by atoms with Crippen LogP contribution in [-0.2, 0) is 0 Å². The normalized spacial score (nSPS) is 21.2. The molecule has 1 aliphatic carbocycles. The maximum absolute atomic E-state index is 5.73. The van der Waals surface area contributed by atoms with Gasteiger partial charge >= 0.3 is 0 Å². The molecule has 0 heterocycles. The molecule has 1 aliphatic rings. The van der Waals surface area contributed by atoms with Crippen molar-refractivity contribution >= 4 is 0 Å². The highest BCUT2D eigenvalue weighted by Crippen LogP contribution is 2.47. The van der Waals surface area contributed by atoms with Crippen molar-refractivity contribution in [2.75, 3.05) is 19.6 Å². The fourth-order valence-corrected chi connectivity index (χ4v) is 1.95. The quantitative estimate of drug-likeness (QED) is 0.656. The van der Waals surface area contributed by atoms with E-state index in [1.54, 1.807) is 0 Å². The lowest BCUT2D eigenvalue weighted by Crippen LogP contribution is -2.34. The Labute approximate surface area is 88.6 Å². The van der Waals surface area contributed by atoms with Crippen LogP contribution < -0.4 is 11.1 Å². The Morgan fingerprint density at radius 3 is 2.36 bits per heavy atom. The Morgan fingerprint density at radius 2 is 2.00 bits per heavy atom. The van der Waals surface area contributed by atoms with Crippen LogP contribution in [-0.4, -0.2) is 19.6 Å². The van der Waals surface area contributed by atoms with Gasteiger partial charge in [0.1, 0.15) is 0 Å². The van der Waals surface area contributed by atoms with Gasteiger partial charge in [-0.2, -0.15) is 0 Å². The lowest BCUT2D eigenvalue weighted by atomic mass is 9.95. The van der Waals surface area contributed by atoms with Gasteiger partial charge in [-0.25, -0.2) is 0 Å². The van der Waals surface area contributed by atoms with Crippen molar-refractivity contribution in [2.45, 2.75) is 40.0 Å². The SMILES string of the molecule is CCC1(CNCC(CN)C(C)C)CC1. The molecule has 0 aliphatic heterocycles. The molecule has 0 aromatic rings. The van der Waals surface area contributed by atoms with Crippen LogP contribution in [0, 0.1) is 17.3 Å². The van der Waals surface area contributed by atoms with E-state index in [-0.39, 0.29) is 0 Å². The first-order chi connectivity index (χ1) is 6.63. The van der Waals surface area contributed by atoms with Gasteiger partial charge in [0.15, 0.2) is 0 Å². The molecule has 1 fully saturated rings. The van der Waals surface area contributed by atoms with Gasteiger partial charge in [0.25, 0.3) is 0 Å². The first-order valence-corrected chi connectivity index (χ1v) is 6.04. The first kappa shape index (κ1) is 12.0. The minimum absolute atomic E-state index is 0.641. The summed E-state index contributed by atoms with van der Waals surface area (Å²) in [6.45, 7) is 9.92. The van der Waals surface area contributed by atoms with Crippen molar-refractivity contribution in [3.63, 3.8) is 0 Å². The van der Waals surface area contributed by atoms with Crippen LogP contribution in [0.5, 0.6) is 0 Å². The molecule has 0 saturated heterocycles. The molecule has 0 aromatic heterocycles. The van der Waals surface area contributed by atoms with E-state index in [1.165, 1.54) is 25.8 Å². The molecule has 0 aromatic carbocycles. The smallest absolute Gasteiger partial charge is 0.000784 e. The van der Waals surface area contributed by atoms with Gasteiger partial charge in [-0.3, -0.25) is 0 Å². The van der Waals surface area contributed by atoms with Crippen molar-refractivity contribution in [3.8, 4) is 0 Å². The summed E-state index contributed by atoms with van der Waals surface area (Å²) in [7, 11) is 0. The van der Waals surface area contributed by atoms with Crippen LogP contribution in [0.2, 0.25) is 0 Å². The van der Waals surface area contributed by atoms with Crippen molar-refractivity contribution in [3.05, 3.63) is 0 Å². The summed E-state index contributed by atoms with van der Waals surface area (Å²) in [5, 5.41) is 3.59. The van der Waals surface area contributed by atoms with Crippen LogP contribution in [0.15, 0.2) is 0 Å². The van der Waals surface area contributed by atoms with E-state index in [4.69, 9.17) is 5.73 Å². The van der Waals surface area contributed by atoms with Crippen LogP contribution >= 0.6 is 0 Å². The van der Waals surface area contributed by atoms with Crippen LogP contribution in [0.3, 0.4) is 0 Å². The molecular weight excluding hydrogens is 172 g/mol. The van der Waals surface area contributed by atoms with E-state index < -0.39 is 0 Å². The standard InChI is InChI=1S/C12H26N2/c1-4-12(5-6-12)9-14-8-11(7-13)10(2)3/h10-11,14H,4-9,13H2,1-3H3. The van der Waals surface area contributed by atoms with Crippen molar-refractivity contribution in [1.82, 2.24) is 5.32 Å². The van der Waals surface area contributed by atoms with Gasteiger partial charge in [0.05, 0.1) is 0 Å². The Bertz CT molecular complexity index is 162. The average molecular weight is 198 g/mol. The second kappa shape index (κ2) is 5.13. The minimum Gasteiger partial charge on any atom is -0.330 e. The Hall–Kier alpha value is -0.0800. The molecule has 2 heteroatoms. The third kappa shape index (κ3) is 3.25. The molecule has 14 heavy (non-hydrogen) atoms. The second-order valence-electron chi connectivity index (χ2n) is 5.22.